The van der Waals surface area contributed by atoms with E-state index in [2.05, 4.69) is 47.7 Å². The Bertz CT molecular complexity index is 1260. The van der Waals surface area contributed by atoms with Gasteiger partial charge in [-0.1, -0.05) is 192 Å². The van der Waals surface area contributed by atoms with Crippen LogP contribution < -0.4 is 5.32 Å². The number of ether oxygens (including phenoxy) is 2. The van der Waals surface area contributed by atoms with Crippen molar-refractivity contribution < 1.29 is 57.0 Å². The molecular formula is C48H89NO12S. The minimum atomic E-state index is -5.12. The normalized spacial score (nSPS) is 21.3. The standard InChI is InChI=1S/C48H89NO12S/c1-3-5-7-9-11-13-15-17-19-21-23-25-27-29-31-33-35-37-42(52)47(55)49-40(39-59-48-45(54)46(61-62(56,57)58)44(53)43(38-50)60-48)41(51)36-34-32-30-28-26-24-22-20-18-16-14-12-10-8-6-4-2/h18,20,26,28,34,36,40-46,48,50-54H,3-17,19,21-25,27,29-33,35,37-39H2,1-2H3,(H,49,55)(H,56,57,58)/b20-18+,28-26+,36-34+. The number of carbonyl (C=O) groups is 1. The van der Waals surface area contributed by atoms with Gasteiger partial charge in [-0.2, -0.15) is 8.42 Å². The van der Waals surface area contributed by atoms with Crippen LogP contribution in [0.2, 0.25) is 0 Å². The summed E-state index contributed by atoms with van der Waals surface area (Å²) in [4.78, 5) is 13.1. The number of aliphatic hydroxyl groups is 5. The van der Waals surface area contributed by atoms with Crippen LogP contribution in [0.3, 0.4) is 0 Å². The van der Waals surface area contributed by atoms with Gasteiger partial charge in [0, 0.05) is 0 Å². The summed E-state index contributed by atoms with van der Waals surface area (Å²) < 4.78 is 47.5. The number of unbranched alkanes of at least 4 members (excludes halogenated alkanes) is 24. The SMILES string of the molecule is CCCCCCCC/C=C/CC/C=C/CC/C=C/C(O)C(COC1OC(CO)C(O)C(OS(=O)(=O)O)C1O)NC(=O)C(O)CCCCCCCCCCCCCCCCCCC. The molecule has 62 heavy (non-hydrogen) atoms. The van der Waals surface area contributed by atoms with Crippen LogP contribution in [-0.4, -0.2) is 107 Å². The van der Waals surface area contributed by atoms with Gasteiger partial charge in [-0.25, -0.2) is 4.18 Å². The summed E-state index contributed by atoms with van der Waals surface area (Å²) >= 11 is 0. The van der Waals surface area contributed by atoms with Crippen molar-refractivity contribution in [1.82, 2.24) is 5.32 Å². The molecule has 0 aromatic rings. The minimum Gasteiger partial charge on any atom is -0.394 e. The average molecular weight is 904 g/mol. The predicted molar refractivity (Wildman–Crippen MR) is 247 cm³/mol. The molecule has 1 fully saturated rings. The first-order valence-electron chi connectivity index (χ1n) is 24.5. The second kappa shape index (κ2) is 38.5. The van der Waals surface area contributed by atoms with Crippen molar-refractivity contribution in [1.29, 1.82) is 0 Å². The van der Waals surface area contributed by atoms with Crippen molar-refractivity contribution >= 4 is 16.3 Å². The second-order valence-corrected chi connectivity index (χ2v) is 18.2. The number of nitrogens with one attached hydrogen (secondary N) is 1. The number of aliphatic hydroxyl groups excluding tert-OH is 5. The lowest BCUT2D eigenvalue weighted by Gasteiger charge is -2.41. The molecule has 13 nitrogen and oxygen atoms in total. The quantitative estimate of drug-likeness (QED) is 0.0174. The van der Waals surface area contributed by atoms with Crippen LogP contribution in [0.4, 0.5) is 0 Å². The van der Waals surface area contributed by atoms with E-state index in [-0.39, 0.29) is 6.42 Å². The lowest BCUT2D eigenvalue weighted by atomic mass is 9.99. The Kier molecular flexibility index (Phi) is 36.2. The minimum absolute atomic E-state index is 0.236. The molecule has 1 amide bonds. The topological polar surface area (TPSA) is 212 Å². The third-order valence-electron chi connectivity index (χ3n) is 11.5. The molecule has 1 saturated heterocycles. The van der Waals surface area contributed by atoms with Gasteiger partial charge in [-0.05, 0) is 44.9 Å². The summed E-state index contributed by atoms with van der Waals surface area (Å²) in [5, 5.41) is 55.2. The highest BCUT2D eigenvalue weighted by molar-refractivity contribution is 7.80. The van der Waals surface area contributed by atoms with E-state index in [9.17, 15) is 43.3 Å². The van der Waals surface area contributed by atoms with E-state index in [4.69, 9.17) is 9.47 Å². The van der Waals surface area contributed by atoms with Crippen molar-refractivity contribution in [3.63, 3.8) is 0 Å². The predicted octanol–water partition coefficient (Wildman–Crippen LogP) is 8.86. The van der Waals surface area contributed by atoms with E-state index in [1.165, 1.54) is 128 Å². The van der Waals surface area contributed by atoms with Crippen LogP contribution >= 0.6 is 0 Å². The van der Waals surface area contributed by atoms with Gasteiger partial charge in [0.2, 0.25) is 5.91 Å². The highest BCUT2D eigenvalue weighted by Gasteiger charge is 2.48. The highest BCUT2D eigenvalue weighted by atomic mass is 32.3. The first-order chi connectivity index (χ1) is 29.9. The largest absolute Gasteiger partial charge is 0.397 e. The van der Waals surface area contributed by atoms with E-state index in [1.54, 1.807) is 6.08 Å². The van der Waals surface area contributed by atoms with Crippen LogP contribution in [0.25, 0.3) is 0 Å². The summed E-state index contributed by atoms with van der Waals surface area (Å²) in [6, 6.07) is -1.14. The van der Waals surface area contributed by atoms with Crippen LogP contribution in [0.5, 0.6) is 0 Å². The Morgan fingerprint density at radius 2 is 1.08 bits per heavy atom. The van der Waals surface area contributed by atoms with Gasteiger partial charge >= 0.3 is 10.4 Å². The molecule has 0 aliphatic carbocycles. The van der Waals surface area contributed by atoms with Crippen molar-refractivity contribution in [3.8, 4) is 0 Å². The zero-order chi connectivity index (χ0) is 45.7. The van der Waals surface area contributed by atoms with Crippen molar-refractivity contribution in [2.24, 2.45) is 0 Å². The number of allylic oxidation sites excluding steroid dienone is 5. The molecule has 7 N–H and O–H groups in total. The smallest absolute Gasteiger partial charge is 0.394 e. The molecule has 0 bridgehead atoms. The molecule has 1 aliphatic heterocycles. The van der Waals surface area contributed by atoms with Crippen LogP contribution in [0.15, 0.2) is 36.5 Å². The summed E-state index contributed by atoms with van der Waals surface area (Å²) in [7, 11) is -5.12. The molecule has 0 saturated carbocycles. The zero-order valence-corrected chi connectivity index (χ0v) is 39.4. The molecule has 1 heterocycles. The number of hydrogen-bond donors (Lipinski definition) is 7. The van der Waals surface area contributed by atoms with Crippen molar-refractivity contribution in [2.45, 2.75) is 249 Å². The third kappa shape index (κ3) is 30.4. The maximum atomic E-state index is 13.1. The number of amides is 1. The van der Waals surface area contributed by atoms with E-state index in [0.717, 1.165) is 44.9 Å². The lowest BCUT2D eigenvalue weighted by Crippen LogP contribution is -2.61. The highest BCUT2D eigenvalue weighted by Crippen LogP contribution is 2.26. The molecular weight excluding hydrogens is 815 g/mol. The van der Waals surface area contributed by atoms with Gasteiger partial charge in [0.1, 0.15) is 30.5 Å². The monoisotopic (exact) mass is 904 g/mol. The first-order valence-corrected chi connectivity index (χ1v) is 25.8. The molecule has 8 atom stereocenters. The molecule has 14 heteroatoms. The van der Waals surface area contributed by atoms with Crippen LogP contribution in [0, 0.1) is 0 Å². The fourth-order valence-electron chi connectivity index (χ4n) is 7.61. The molecule has 0 spiro atoms. The maximum Gasteiger partial charge on any atom is 0.397 e. The molecule has 8 unspecified atom stereocenters. The van der Waals surface area contributed by atoms with Gasteiger partial charge in [-0.3, -0.25) is 9.35 Å². The van der Waals surface area contributed by atoms with Crippen molar-refractivity contribution in [2.75, 3.05) is 13.2 Å². The molecule has 1 aliphatic rings. The molecule has 1 rings (SSSR count). The number of carbonyl (C=O) groups excluding carboxylic acids is 1. The summed E-state index contributed by atoms with van der Waals surface area (Å²) in [5.74, 6) is -0.715. The summed E-state index contributed by atoms with van der Waals surface area (Å²) in [6.45, 7) is 3.19. The Balaban J connectivity index is 2.58. The number of rotatable bonds is 41. The Morgan fingerprint density at radius 1 is 0.645 bits per heavy atom. The Hall–Kier alpha value is -1.72. The zero-order valence-electron chi connectivity index (χ0n) is 38.5. The number of hydrogen-bond acceptors (Lipinski definition) is 11. The van der Waals surface area contributed by atoms with Gasteiger partial charge in [0.15, 0.2) is 6.29 Å². The van der Waals surface area contributed by atoms with Gasteiger partial charge in [0.25, 0.3) is 0 Å². The Labute approximate surface area is 376 Å². The van der Waals surface area contributed by atoms with Gasteiger partial charge in [-0.15, -0.1) is 0 Å². The van der Waals surface area contributed by atoms with Gasteiger partial charge < -0.3 is 40.3 Å². The fraction of sp³-hybridized carbons (Fsp3) is 0.854. The first kappa shape index (κ1) is 58.3. The van der Waals surface area contributed by atoms with E-state index < -0.39 is 78.5 Å². The average Bonchev–Trinajstić information content (AvgIpc) is 3.24. The molecule has 0 aromatic heterocycles. The molecule has 364 valence electrons. The second-order valence-electron chi connectivity index (χ2n) is 17.2. The molecule has 0 aromatic carbocycles. The third-order valence-corrected chi connectivity index (χ3v) is 12.0. The molecule has 0 radical (unpaired) electrons. The van der Waals surface area contributed by atoms with E-state index >= 15 is 0 Å². The van der Waals surface area contributed by atoms with E-state index in [1.807, 2.05) is 0 Å². The van der Waals surface area contributed by atoms with Crippen molar-refractivity contribution in [3.05, 3.63) is 36.5 Å². The van der Waals surface area contributed by atoms with E-state index in [0.29, 0.717) is 12.8 Å². The fourth-order valence-corrected chi connectivity index (χ4v) is 8.12. The maximum absolute atomic E-state index is 13.1. The Morgan fingerprint density at radius 3 is 1.55 bits per heavy atom. The lowest BCUT2D eigenvalue weighted by molar-refractivity contribution is -0.298. The summed E-state index contributed by atoms with van der Waals surface area (Å²) in [6.07, 6.45) is 33.7. The van der Waals surface area contributed by atoms with Gasteiger partial charge in [0.05, 0.1) is 25.4 Å². The summed E-state index contributed by atoms with van der Waals surface area (Å²) in [5.41, 5.74) is 0. The van der Waals surface area contributed by atoms with Crippen LogP contribution in [0.1, 0.15) is 200 Å². The van der Waals surface area contributed by atoms with Crippen LogP contribution in [-0.2, 0) is 28.9 Å².